The Morgan fingerprint density at radius 3 is 2.44 bits per heavy atom. The highest BCUT2D eigenvalue weighted by molar-refractivity contribution is 6.31. The van der Waals surface area contributed by atoms with Crippen LogP contribution in [0.2, 0.25) is 5.02 Å². The second-order valence-electron chi connectivity index (χ2n) is 6.11. The molecule has 0 saturated carbocycles. The first-order valence-corrected chi connectivity index (χ1v) is 8.72. The minimum absolute atomic E-state index is 0.00478. The van der Waals surface area contributed by atoms with Crippen molar-refractivity contribution in [1.29, 1.82) is 0 Å². The highest BCUT2D eigenvalue weighted by Gasteiger charge is 2.08. The van der Waals surface area contributed by atoms with Crippen molar-refractivity contribution in [2.24, 2.45) is 0 Å². The molecular formula is C21H18ClN3O2. The Hall–Kier alpha value is -3.18. The Balaban J connectivity index is 1.69. The largest absolute Gasteiger partial charge is 0.340 e. The first-order chi connectivity index (χ1) is 12.9. The summed E-state index contributed by atoms with van der Waals surface area (Å²) in [5.74, 6) is 0.299. The summed E-state index contributed by atoms with van der Waals surface area (Å²) in [5.41, 5.74) is 3.36. The lowest BCUT2D eigenvalue weighted by Crippen LogP contribution is -2.12. The first kappa shape index (κ1) is 18.6. The standard InChI is InChI=1S/C21H18ClN3O2/c1-13-6-8-18(11-19(13)22)25-21(27)16-7-9-20(23-12-16)24-17-5-3-4-15(10-17)14(2)26/h3-12H,1-2H3,(H,23,24)(H,25,27). The molecule has 0 saturated heterocycles. The second-order valence-corrected chi connectivity index (χ2v) is 6.52. The highest BCUT2D eigenvalue weighted by Crippen LogP contribution is 2.21. The van der Waals surface area contributed by atoms with E-state index in [0.29, 0.717) is 27.7 Å². The van der Waals surface area contributed by atoms with Gasteiger partial charge in [0.05, 0.1) is 5.56 Å². The van der Waals surface area contributed by atoms with Crippen LogP contribution in [0.15, 0.2) is 60.8 Å². The maximum atomic E-state index is 12.3. The van der Waals surface area contributed by atoms with Gasteiger partial charge in [0.1, 0.15) is 5.82 Å². The third kappa shape index (κ3) is 4.71. The summed E-state index contributed by atoms with van der Waals surface area (Å²) in [7, 11) is 0. The van der Waals surface area contributed by atoms with Crippen molar-refractivity contribution < 1.29 is 9.59 Å². The molecule has 6 heteroatoms. The molecule has 1 heterocycles. The predicted molar refractivity (Wildman–Crippen MR) is 108 cm³/mol. The maximum absolute atomic E-state index is 12.3. The summed E-state index contributed by atoms with van der Waals surface area (Å²) in [6.45, 7) is 3.42. The Labute approximate surface area is 162 Å². The van der Waals surface area contributed by atoms with Crippen LogP contribution in [0.1, 0.15) is 33.2 Å². The molecule has 1 aromatic heterocycles. The van der Waals surface area contributed by atoms with Crippen molar-refractivity contribution in [2.75, 3.05) is 10.6 Å². The lowest BCUT2D eigenvalue weighted by Gasteiger charge is -2.09. The molecule has 136 valence electrons. The van der Waals surface area contributed by atoms with E-state index in [0.717, 1.165) is 11.3 Å². The maximum Gasteiger partial charge on any atom is 0.257 e. The molecule has 2 N–H and O–H groups in total. The smallest absolute Gasteiger partial charge is 0.257 e. The molecule has 0 unspecified atom stereocenters. The minimum Gasteiger partial charge on any atom is -0.340 e. The number of nitrogens with zero attached hydrogens (tertiary/aromatic N) is 1. The van der Waals surface area contributed by atoms with Gasteiger partial charge in [0, 0.05) is 28.2 Å². The topological polar surface area (TPSA) is 71.1 Å². The number of benzene rings is 2. The molecule has 0 radical (unpaired) electrons. The molecule has 0 bridgehead atoms. The van der Waals surface area contributed by atoms with Gasteiger partial charge in [0.25, 0.3) is 5.91 Å². The van der Waals surface area contributed by atoms with E-state index < -0.39 is 0 Å². The van der Waals surface area contributed by atoms with Crippen molar-refractivity contribution in [3.8, 4) is 0 Å². The van der Waals surface area contributed by atoms with Gasteiger partial charge in [-0.2, -0.15) is 0 Å². The third-order valence-corrected chi connectivity index (χ3v) is 4.40. The molecule has 0 spiro atoms. The molecule has 3 aromatic rings. The molecule has 2 aromatic carbocycles. The molecule has 5 nitrogen and oxygen atoms in total. The van der Waals surface area contributed by atoms with E-state index in [1.165, 1.54) is 13.1 Å². The van der Waals surface area contributed by atoms with Crippen LogP contribution in [0.5, 0.6) is 0 Å². The van der Waals surface area contributed by atoms with Crippen LogP contribution < -0.4 is 10.6 Å². The lowest BCUT2D eigenvalue weighted by molar-refractivity contribution is 0.101. The Morgan fingerprint density at radius 2 is 1.78 bits per heavy atom. The van der Waals surface area contributed by atoms with Crippen LogP contribution in [0, 0.1) is 6.92 Å². The SMILES string of the molecule is CC(=O)c1cccc(Nc2ccc(C(=O)Nc3ccc(C)c(Cl)c3)cn2)c1. The summed E-state index contributed by atoms with van der Waals surface area (Å²) in [6, 6.07) is 15.9. The number of rotatable bonds is 5. The molecule has 0 aliphatic rings. The number of carbonyl (C=O) groups is 2. The van der Waals surface area contributed by atoms with Gasteiger partial charge in [-0.15, -0.1) is 0 Å². The number of hydrogen-bond donors (Lipinski definition) is 2. The lowest BCUT2D eigenvalue weighted by atomic mass is 10.1. The van der Waals surface area contributed by atoms with E-state index in [4.69, 9.17) is 11.6 Å². The molecule has 1 amide bonds. The number of Topliss-reactive ketones (excluding diaryl/α,β-unsaturated/α-hetero) is 1. The van der Waals surface area contributed by atoms with Gasteiger partial charge in [-0.1, -0.05) is 29.8 Å². The fourth-order valence-electron chi connectivity index (χ4n) is 2.44. The summed E-state index contributed by atoms with van der Waals surface area (Å²) in [5, 5.41) is 6.51. The Morgan fingerprint density at radius 1 is 0.963 bits per heavy atom. The van der Waals surface area contributed by atoms with Gasteiger partial charge < -0.3 is 10.6 Å². The number of nitrogens with one attached hydrogen (secondary N) is 2. The van der Waals surface area contributed by atoms with Gasteiger partial charge in [0.2, 0.25) is 0 Å². The second kappa shape index (κ2) is 8.01. The minimum atomic E-state index is -0.271. The molecular weight excluding hydrogens is 362 g/mol. The summed E-state index contributed by atoms with van der Waals surface area (Å²) >= 11 is 6.08. The zero-order valence-corrected chi connectivity index (χ0v) is 15.7. The monoisotopic (exact) mass is 379 g/mol. The van der Waals surface area contributed by atoms with Crippen LogP contribution in [0.25, 0.3) is 0 Å². The van der Waals surface area contributed by atoms with Crippen molar-refractivity contribution >= 4 is 40.5 Å². The van der Waals surface area contributed by atoms with Crippen LogP contribution in [-0.4, -0.2) is 16.7 Å². The zero-order chi connectivity index (χ0) is 19.4. The van der Waals surface area contributed by atoms with Crippen LogP contribution in [0.3, 0.4) is 0 Å². The summed E-state index contributed by atoms with van der Waals surface area (Å²) in [6.07, 6.45) is 1.49. The van der Waals surface area contributed by atoms with E-state index in [-0.39, 0.29) is 11.7 Å². The molecule has 0 aliphatic heterocycles. The highest BCUT2D eigenvalue weighted by atomic mass is 35.5. The summed E-state index contributed by atoms with van der Waals surface area (Å²) < 4.78 is 0. The summed E-state index contributed by atoms with van der Waals surface area (Å²) in [4.78, 5) is 28.1. The number of halogens is 1. The van der Waals surface area contributed by atoms with E-state index in [1.807, 2.05) is 19.1 Å². The number of amides is 1. The molecule has 27 heavy (non-hydrogen) atoms. The third-order valence-electron chi connectivity index (χ3n) is 4.00. The number of hydrogen-bond acceptors (Lipinski definition) is 4. The van der Waals surface area contributed by atoms with Gasteiger partial charge in [0.15, 0.2) is 5.78 Å². The van der Waals surface area contributed by atoms with E-state index >= 15 is 0 Å². The fraction of sp³-hybridized carbons (Fsp3) is 0.0952. The number of anilines is 3. The van der Waals surface area contributed by atoms with Gasteiger partial charge in [-0.3, -0.25) is 9.59 Å². The van der Waals surface area contributed by atoms with Crippen molar-refractivity contribution in [1.82, 2.24) is 4.98 Å². The zero-order valence-electron chi connectivity index (χ0n) is 14.9. The quantitative estimate of drug-likeness (QED) is 0.594. The van der Waals surface area contributed by atoms with E-state index in [9.17, 15) is 9.59 Å². The van der Waals surface area contributed by atoms with E-state index in [1.54, 1.807) is 42.5 Å². The first-order valence-electron chi connectivity index (χ1n) is 8.34. The van der Waals surface area contributed by atoms with Crippen LogP contribution in [0.4, 0.5) is 17.2 Å². The number of aryl methyl sites for hydroxylation is 1. The number of ketones is 1. The average molecular weight is 380 g/mol. The molecule has 0 aliphatic carbocycles. The average Bonchev–Trinajstić information content (AvgIpc) is 2.65. The van der Waals surface area contributed by atoms with Gasteiger partial charge in [-0.05, 0) is 55.8 Å². The van der Waals surface area contributed by atoms with Crippen molar-refractivity contribution in [3.05, 3.63) is 82.5 Å². The van der Waals surface area contributed by atoms with Crippen molar-refractivity contribution in [2.45, 2.75) is 13.8 Å². The van der Waals surface area contributed by atoms with Crippen molar-refractivity contribution in [3.63, 3.8) is 0 Å². The van der Waals surface area contributed by atoms with E-state index in [2.05, 4.69) is 15.6 Å². The van der Waals surface area contributed by atoms with Crippen LogP contribution in [-0.2, 0) is 0 Å². The Kier molecular flexibility index (Phi) is 5.52. The molecule has 0 atom stereocenters. The molecule has 3 rings (SSSR count). The normalized spacial score (nSPS) is 10.3. The predicted octanol–water partition coefficient (Wildman–Crippen LogP) is 5.24. The fourth-order valence-corrected chi connectivity index (χ4v) is 2.62. The number of aromatic nitrogens is 1. The Bertz CT molecular complexity index is 1000. The van der Waals surface area contributed by atoms with Gasteiger partial charge in [-0.25, -0.2) is 4.98 Å². The molecule has 0 fully saturated rings. The number of pyridine rings is 1. The van der Waals surface area contributed by atoms with Gasteiger partial charge >= 0.3 is 0 Å². The van der Waals surface area contributed by atoms with Crippen LogP contribution >= 0.6 is 11.6 Å². The number of carbonyl (C=O) groups excluding carboxylic acids is 2.